The first-order valence-electron chi connectivity index (χ1n) is 5.98. The van der Waals surface area contributed by atoms with Crippen molar-refractivity contribution in [2.45, 2.75) is 37.7 Å². The molecule has 0 aromatic heterocycles. The minimum absolute atomic E-state index is 0.313. The van der Waals surface area contributed by atoms with Crippen LogP contribution in [0.3, 0.4) is 0 Å². The van der Waals surface area contributed by atoms with Crippen molar-refractivity contribution in [3.63, 3.8) is 0 Å². The maximum atomic E-state index is 10.4. The maximum absolute atomic E-state index is 10.4. The highest BCUT2D eigenvalue weighted by Crippen LogP contribution is 2.39. The Hall–Kier alpha value is -1.03. The van der Waals surface area contributed by atoms with Gasteiger partial charge in [0.2, 0.25) is 0 Å². The van der Waals surface area contributed by atoms with Gasteiger partial charge in [0, 0.05) is 31.3 Å². The standard InChI is InChI=1S/C12H19NO3/c14-11(15)4-7-13-8-6-12(16)5-2-1-3-10(12)9-13/h4,7,10,16H,1-3,5-6,8-9H2,(H,14,15)/b7-4+. The van der Waals surface area contributed by atoms with Crippen LogP contribution in [0.25, 0.3) is 0 Å². The number of likely N-dealkylation sites (tertiary alicyclic amines) is 1. The van der Waals surface area contributed by atoms with E-state index in [0.29, 0.717) is 5.92 Å². The molecular formula is C12H19NO3. The zero-order valence-corrected chi connectivity index (χ0v) is 9.43. The van der Waals surface area contributed by atoms with Crippen molar-refractivity contribution in [3.05, 3.63) is 12.3 Å². The largest absolute Gasteiger partial charge is 0.478 e. The molecule has 2 rings (SSSR count). The van der Waals surface area contributed by atoms with Crippen molar-refractivity contribution in [2.75, 3.05) is 13.1 Å². The zero-order chi connectivity index (χ0) is 11.6. The number of hydrogen-bond acceptors (Lipinski definition) is 3. The Balaban J connectivity index is 1.96. The van der Waals surface area contributed by atoms with Gasteiger partial charge in [-0.05, 0) is 19.3 Å². The molecule has 1 saturated carbocycles. The third-order valence-corrected chi connectivity index (χ3v) is 3.89. The lowest BCUT2D eigenvalue weighted by Crippen LogP contribution is -2.51. The van der Waals surface area contributed by atoms with Crippen molar-refractivity contribution in [1.82, 2.24) is 4.90 Å². The van der Waals surface area contributed by atoms with Gasteiger partial charge in [-0.1, -0.05) is 12.8 Å². The highest BCUT2D eigenvalue weighted by atomic mass is 16.4. The monoisotopic (exact) mass is 225 g/mol. The van der Waals surface area contributed by atoms with E-state index in [0.717, 1.165) is 38.8 Å². The van der Waals surface area contributed by atoms with E-state index >= 15 is 0 Å². The van der Waals surface area contributed by atoms with Gasteiger partial charge in [-0.2, -0.15) is 0 Å². The predicted octanol–water partition coefficient (Wildman–Crippen LogP) is 1.21. The van der Waals surface area contributed by atoms with E-state index in [1.807, 2.05) is 4.90 Å². The van der Waals surface area contributed by atoms with E-state index in [2.05, 4.69) is 0 Å². The second kappa shape index (κ2) is 4.45. The lowest BCUT2D eigenvalue weighted by molar-refractivity contribution is -0.131. The molecule has 2 atom stereocenters. The number of rotatable bonds is 2. The van der Waals surface area contributed by atoms with Gasteiger partial charge >= 0.3 is 5.97 Å². The van der Waals surface area contributed by atoms with Gasteiger partial charge in [0.05, 0.1) is 5.60 Å². The Bertz CT molecular complexity index is 303. The number of carboxylic acid groups (broad SMARTS) is 1. The fourth-order valence-electron chi connectivity index (χ4n) is 2.90. The lowest BCUT2D eigenvalue weighted by Gasteiger charge is -2.47. The number of aliphatic hydroxyl groups is 1. The van der Waals surface area contributed by atoms with Crippen LogP contribution < -0.4 is 0 Å². The van der Waals surface area contributed by atoms with Crippen LogP contribution in [0.15, 0.2) is 12.3 Å². The minimum Gasteiger partial charge on any atom is -0.478 e. The van der Waals surface area contributed by atoms with E-state index in [1.54, 1.807) is 6.20 Å². The smallest absolute Gasteiger partial charge is 0.329 e. The Kier molecular flexibility index (Phi) is 3.19. The van der Waals surface area contributed by atoms with Gasteiger partial charge in [-0.3, -0.25) is 0 Å². The van der Waals surface area contributed by atoms with Crippen LogP contribution in [0.4, 0.5) is 0 Å². The summed E-state index contributed by atoms with van der Waals surface area (Å²) in [6, 6.07) is 0. The van der Waals surface area contributed by atoms with Crippen molar-refractivity contribution < 1.29 is 15.0 Å². The van der Waals surface area contributed by atoms with Crippen molar-refractivity contribution >= 4 is 5.97 Å². The fraction of sp³-hybridized carbons (Fsp3) is 0.750. The summed E-state index contributed by atoms with van der Waals surface area (Å²) in [6.07, 6.45) is 7.86. The molecule has 2 fully saturated rings. The number of aliphatic carboxylic acids is 1. The Morgan fingerprint density at radius 2 is 2.19 bits per heavy atom. The van der Waals surface area contributed by atoms with Crippen LogP contribution in [-0.4, -0.2) is 39.8 Å². The Labute approximate surface area is 95.6 Å². The molecule has 0 spiro atoms. The number of piperidine rings is 1. The fourth-order valence-corrected chi connectivity index (χ4v) is 2.90. The van der Waals surface area contributed by atoms with E-state index in [4.69, 9.17) is 5.11 Å². The highest BCUT2D eigenvalue weighted by Gasteiger charge is 2.42. The molecule has 2 N–H and O–H groups in total. The van der Waals surface area contributed by atoms with Gasteiger partial charge in [0.25, 0.3) is 0 Å². The van der Waals surface area contributed by atoms with Gasteiger partial charge in [0.15, 0.2) is 0 Å². The molecule has 16 heavy (non-hydrogen) atoms. The summed E-state index contributed by atoms with van der Waals surface area (Å²) in [5, 5.41) is 19.0. The van der Waals surface area contributed by atoms with Crippen molar-refractivity contribution in [2.24, 2.45) is 5.92 Å². The van der Waals surface area contributed by atoms with Gasteiger partial charge in [0.1, 0.15) is 0 Å². The third-order valence-electron chi connectivity index (χ3n) is 3.89. The summed E-state index contributed by atoms with van der Waals surface area (Å²) < 4.78 is 0. The summed E-state index contributed by atoms with van der Waals surface area (Å²) >= 11 is 0. The first-order valence-corrected chi connectivity index (χ1v) is 5.98. The molecule has 0 amide bonds. The van der Waals surface area contributed by atoms with E-state index in [9.17, 15) is 9.90 Å². The number of fused-ring (bicyclic) bond motifs is 1. The number of carbonyl (C=O) groups is 1. The van der Waals surface area contributed by atoms with Crippen LogP contribution in [0.1, 0.15) is 32.1 Å². The number of carboxylic acids is 1. The first kappa shape index (κ1) is 11.5. The minimum atomic E-state index is -0.913. The Morgan fingerprint density at radius 1 is 1.38 bits per heavy atom. The second-order valence-electron chi connectivity index (χ2n) is 4.95. The van der Waals surface area contributed by atoms with Gasteiger partial charge in [-0.15, -0.1) is 0 Å². The maximum Gasteiger partial charge on any atom is 0.329 e. The number of hydrogen-bond donors (Lipinski definition) is 2. The first-order chi connectivity index (χ1) is 7.60. The molecule has 0 bridgehead atoms. The summed E-state index contributed by atoms with van der Waals surface area (Å²) in [5.74, 6) is -0.599. The second-order valence-corrected chi connectivity index (χ2v) is 4.95. The average molecular weight is 225 g/mol. The van der Waals surface area contributed by atoms with Crippen LogP contribution >= 0.6 is 0 Å². The summed E-state index contributed by atoms with van der Waals surface area (Å²) in [4.78, 5) is 12.4. The summed E-state index contributed by atoms with van der Waals surface area (Å²) in [7, 11) is 0. The van der Waals surface area contributed by atoms with Crippen molar-refractivity contribution in [1.29, 1.82) is 0 Å². The van der Waals surface area contributed by atoms with Crippen LogP contribution in [0.2, 0.25) is 0 Å². The molecule has 1 heterocycles. The molecule has 2 aliphatic rings. The summed E-state index contributed by atoms with van der Waals surface area (Å²) in [5.41, 5.74) is -0.480. The Morgan fingerprint density at radius 3 is 2.94 bits per heavy atom. The normalized spacial score (nSPS) is 35.1. The van der Waals surface area contributed by atoms with Crippen LogP contribution in [0.5, 0.6) is 0 Å². The van der Waals surface area contributed by atoms with Gasteiger partial charge in [-0.25, -0.2) is 4.79 Å². The molecule has 1 saturated heterocycles. The molecule has 4 nitrogen and oxygen atoms in total. The molecule has 0 radical (unpaired) electrons. The molecule has 90 valence electrons. The predicted molar refractivity (Wildman–Crippen MR) is 59.9 cm³/mol. The van der Waals surface area contributed by atoms with Crippen LogP contribution in [-0.2, 0) is 4.79 Å². The van der Waals surface area contributed by atoms with Crippen LogP contribution in [0, 0.1) is 5.92 Å². The number of nitrogens with zero attached hydrogens (tertiary/aromatic N) is 1. The third kappa shape index (κ3) is 2.38. The highest BCUT2D eigenvalue weighted by molar-refractivity contribution is 5.79. The molecular weight excluding hydrogens is 206 g/mol. The van der Waals surface area contributed by atoms with Gasteiger partial charge < -0.3 is 15.1 Å². The summed E-state index contributed by atoms with van der Waals surface area (Å²) in [6.45, 7) is 1.55. The van der Waals surface area contributed by atoms with Crippen molar-refractivity contribution in [3.8, 4) is 0 Å². The van der Waals surface area contributed by atoms with E-state index < -0.39 is 11.6 Å². The van der Waals surface area contributed by atoms with E-state index in [-0.39, 0.29) is 0 Å². The molecule has 2 unspecified atom stereocenters. The molecule has 0 aromatic rings. The SMILES string of the molecule is O=C(O)/C=C/N1CCC2(O)CCCCC2C1. The topological polar surface area (TPSA) is 60.8 Å². The molecule has 1 aliphatic carbocycles. The average Bonchev–Trinajstić information content (AvgIpc) is 2.26. The quantitative estimate of drug-likeness (QED) is 0.693. The zero-order valence-electron chi connectivity index (χ0n) is 9.43. The molecule has 4 heteroatoms. The molecule has 0 aromatic carbocycles. The molecule has 1 aliphatic heterocycles. The van der Waals surface area contributed by atoms with E-state index in [1.165, 1.54) is 12.5 Å². The lowest BCUT2D eigenvalue weighted by atomic mass is 9.71.